The molecule has 4 rings (SSSR count). The monoisotopic (exact) mass is 394 g/mol. The van der Waals surface area contributed by atoms with Crippen molar-refractivity contribution in [2.24, 2.45) is 5.92 Å². The molecule has 9 nitrogen and oxygen atoms in total. The van der Waals surface area contributed by atoms with Gasteiger partial charge < -0.3 is 10.2 Å². The van der Waals surface area contributed by atoms with Gasteiger partial charge in [0.25, 0.3) is 0 Å². The van der Waals surface area contributed by atoms with Crippen LogP contribution < -0.4 is 11.0 Å². The summed E-state index contributed by atoms with van der Waals surface area (Å²) in [6.07, 6.45) is 2.77. The number of amides is 2. The second-order valence-corrected chi connectivity index (χ2v) is 7.18. The van der Waals surface area contributed by atoms with Crippen LogP contribution in [-0.4, -0.2) is 49.0 Å². The fourth-order valence-electron chi connectivity index (χ4n) is 3.53. The number of carbonyl (C=O) groups is 2. The quantitative estimate of drug-likeness (QED) is 0.713. The van der Waals surface area contributed by atoms with E-state index in [1.165, 1.54) is 9.08 Å². The lowest BCUT2D eigenvalue weighted by atomic mass is 9.96. The van der Waals surface area contributed by atoms with Gasteiger partial charge >= 0.3 is 5.69 Å². The minimum atomic E-state index is -0.339. The van der Waals surface area contributed by atoms with Gasteiger partial charge in [0.05, 0.1) is 0 Å². The number of anilines is 1. The molecular weight excluding hydrogens is 372 g/mol. The first-order valence-corrected chi connectivity index (χ1v) is 9.58. The average Bonchev–Trinajstić information content (AvgIpc) is 3.04. The fourth-order valence-corrected chi connectivity index (χ4v) is 3.53. The maximum absolute atomic E-state index is 12.6. The fraction of sp³-hybridized carbons (Fsp3) is 0.350. The Labute approximate surface area is 167 Å². The highest BCUT2D eigenvalue weighted by molar-refractivity contribution is 5.91. The van der Waals surface area contributed by atoms with Crippen LogP contribution in [-0.2, 0) is 16.1 Å². The summed E-state index contributed by atoms with van der Waals surface area (Å²) in [7, 11) is 0. The number of likely N-dealkylation sites (tertiary alicyclic amines) is 1. The molecule has 0 atom stereocenters. The van der Waals surface area contributed by atoms with Crippen LogP contribution in [0.3, 0.4) is 0 Å². The van der Waals surface area contributed by atoms with E-state index in [1.807, 2.05) is 19.1 Å². The first kappa shape index (κ1) is 18.9. The lowest BCUT2D eigenvalue weighted by Gasteiger charge is -2.31. The van der Waals surface area contributed by atoms with E-state index >= 15 is 0 Å². The van der Waals surface area contributed by atoms with Gasteiger partial charge in [0.1, 0.15) is 12.4 Å². The summed E-state index contributed by atoms with van der Waals surface area (Å²) < 4.78 is 2.59. The molecule has 150 valence electrons. The molecule has 0 bridgehead atoms. The summed E-state index contributed by atoms with van der Waals surface area (Å²) in [5, 5.41) is 7.04. The Balaban J connectivity index is 1.34. The van der Waals surface area contributed by atoms with E-state index in [9.17, 15) is 14.4 Å². The molecule has 3 aromatic heterocycles. The van der Waals surface area contributed by atoms with Crippen LogP contribution in [0, 0.1) is 12.8 Å². The van der Waals surface area contributed by atoms with Gasteiger partial charge in [-0.05, 0) is 44.0 Å². The average molecular weight is 394 g/mol. The number of nitrogens with one attached hydrogen (secondary N) is 1. The zero-order chi connectivity index (χ0) is 20.4. The van der Waals surface area contributed by atoms with Gasteiger partial charge in [0, 0.05) is 30.9 Å². The molecule has 1 aliphatic rings. The van der Waals surface area contributed by atoms with E-state index in [0.717, 1.165) is 5.69 Å². The van der Waals surface area contributed by atoms with Crippen LogP contribution in [0.5, 0.6) is 0 Å². The van der Waals surface area contributed by atoms with Crippen molar-refractivity contribution in [3.8, 4) is 0 Å². The van der Waals surface area contributed by atoms with E-state index in [1.54, 1.807) is 35.4 Å². The van der Waals surface area contributed by atoms with E-state index in [0.29, 0.717) is 37.4 Å². The van der Waals surface area contributed by atoms with Crippen molar-refractivity contribution >= 4 is 23.3 Å². The molecule has 1 aliphatic heterocycles. The first-order valence-electron chi connectivity index (χ1n) is 9.58. The van der Waals surface area contributed by atoms with Crippen molar-refractivity contribution in [3.05, 3.63) is 58.8 Å². The van der Waals surface area contributed by atoms with E-state index in [-0.39, 0.29) is 30.0 Å². The van der Waals surface area contributed by atoms with Gasteiger partial charge in [-0.2, -0.15) is 0 Å². The Kier molecular flexibility index (Phi) is 5.11. The van der Waals surface area contributed by atoms with Gasteiger partial charge in [-0.25, -0.2) is 14.5 Å². The highest BCUT2D eigenvalue weighted by atomic mass is 16.2. The molecular formula is C20H22N6O3. The first-order chi connectivity index (χ1) is 14.0. The number of carbonyl (C=O) groups excluding carboxylic acids is 2. The normalized spacial score (nSPS) is 14.9. The van der Waals surface area contributed by atoms with E-state index in [2.05, 4.69) is 15.4 Å². The number of hydrogen-bond acceptors (Lipinski definition) is 5. The van der Waals surface area contributed by atoms with Crippen LogP contribution in [0.15, 0.2) is 47.4 Å². The number of fused-ring (bicyclic) bond motifs is 1. The smallest absolute Gasteiger partial charge is 0.341 e. The zero-order valence-electron chi connectivity index (χ0n) is 16.1. The van der Waals surface area contributed by atoms with Crippen LogP contribution >= 0.6 is 0 Å². The topological polar surface area (TPSA) is 102 Å². The number of aromatic nitrogens is 4. The molecule has 3 aromatic rings. The molecule has 9 heteroatoms. The van der Waals surface area contributed by atoms with Crippen molar-refractivity contribution in [1.82, 2.24) is 24.1 Å². The van der Waals surface area contributed by atoms with Crippen molar-refractivity contribution in [2.75, 3.05) is 18.4 Å². The molecule has 0 aliphatic carbocycles. The second kappa shape index (κ2) is 7.86. The number of rotatable bonds is 4. The predicted molar refractivity (Wildman–Crippen MR) is 106 cm³/mol. The summed E-state index contributed by atoms with van der Waals surface area (Å²) in [5.41, 5.74) is 1.00. The van der Waals surface area contributed by atoms with Crippen molar-refractivity contribution in [2.45, 2.75) is 26.3 Å². The highest BCUT2D eigenvalue weighted by Gasteiger charge is 2.28. The minimum Gasteiger partial charge on any atom is -0.341 e. The number of pyridine rings is 2. The number of piperidine rings is 1. The van der Waals surface area contributed by atoms with Gasteiger partial charge in [0.2, 0.25) is 11.8 Å². The molecule has 0 radical (unpaired) electrons. The van der Waals surface area contributed by atoms with Gasteiger partial charge in [-0.1, -0.05) is 12.1 Å². The van der Waals surface area contributed by atoms with Crippen LogP contribution in [0.4, 0.5) is 5.82 Å². The van der Waals surface area contributed by atoms with Crippen LogP contribution in [0.1, 0.15) is 18.5 Å². The van der Waals surface area contributed by atoms with E-state index in [4.69, 9.17) is 0 Å². The number of nitrogens with zero attached hydrogens (tertiary/aromatic N) is 5. The summed E-state index contributed by atoms with van der Waals surface area (Å²) in [6.45, 7) is 2.71. The van der Waals surface area contributed by atoms with Crippen molar-refractivity contribution in [3.63, 3.8) is 0 Å². The third-order valence-electron chi connectivity index (χ3n) is 5.13. The van der Waals surface area contributed by atoms with Gasteiger partial charge in [-0.3, -0.25) is 14.0 Å². The van der Waals surface area contributed by atoms with Crippen LogP contribution in [0.2, 0.25) is 0 Å². The predicted octanol–water partition coefficient (Wildman–Crippen LogP) is 1.08. The minimum absolute atomic E-state index is 0.0771. The lowest BCUT2D eigenvalue weighted by molar-refractivity contribution is -0.135. The standard InChI is InChI=1S/C20H22N6O3/c1-14-5-4-6-16(21-14)22-19(28)15-8-11-24(12-9-15)18(27)13-26-20(29)25-10-3-2-7-17(25)23-26/h2-7,10,15H,8-9,11-13H2,1H3,(H,21,22,28). The second-order valence-electron chi connectivity index (χ2n) is 7.18. The zero-order valence-corrected chi connectivity index (χ0v) is 16.1. The molecule has 1 fully saturated rings. The molecule has 1 N–H and O–H groups in total. The molecule has 4 heterocycles. The molecule has 0 spiro atoms. The Bertz CT molecular complexity index is 1110. The third kappa shape index (κ3) is 4.03. The summed E-state index contributed by atoms with van der Waals surface area (Å²) in [5.74, 6) is 0.125. The maximum Gasteiger partial charge on any atom is 0.350 e. The van der Waals surface area contributed by atoms with Gasteiger partial charge in [0.15, 0.2) is 5.65 Å². The van der Waals surface area contributed by atoms with E-state index < -0.39 is 0 Å². The lowest BCUT2D eigenvalue weighted by Crippen LogP contribution is -2.43. The Morgan fingerprint density at radius 3 is 2.66 bits per heavy atom. The van der Waals surface area contributed by atoms with Crippen molar-refractivity contribution in [1.29, 1.82) is 0 Å². The summed E-state index contributed by atoms with van der Waals surface area (Å²) in [4.78, 5) is 43.4. The summed E-state index contributed by atoms with van der Waals surface area (Å²) >= 11 is 0. The Hall–Kier alpha value is -3.49. The molecule has 29 heavy (non-hydrogen) atoms. The molecule has 1 saturated heterocycles. The highest BCUT2D eigenvalue weighted by Crippen LogP contribution is 2.19. The van der Waals surface area contributed by atoms with Crippen LogP contribution in [0.25, 0.3) is 5.65 Å². The Morgan fingerprint density at radius 2 is 1.93 bits per heavy atom. The third-order valence-corrected chi connectivity index (χ3v) is 5.13. The SMILES string of the molecule is Cc1cccc(NC(=O)C2CCN(C(=O)Cn3nc4ccccn4c3=O)CC2)n1. The number of aryl methyl sites for hydroxylation is 1. The van der Waals surface area contributed by atoms with Crippen molar-refractivity contribution < 1.29 is 9.59 Å². The molecule has 0 saturated carbocycles. The molecule has 0 aromatic carbocycles. The molecule has 2 amide bonds. The summed E-state index contributed by atoms with van der Waals surface area (Å²) in [6, 6.07) is 10.7. The molecule has 0 unspecified atom stereocenters. The van der Waals surface area contributed by atoms with Gasteiger partial charge in [-0.15, -0.1) is 5.10 Å². The maximum atomic E-state index is 12.6. The Morgan fingerprint density at radius 1 is 1.14 bits per heavy atom. The number of hydrogen-bond donors (Lipinski definition) is 1. The largest absolute Gasteiger partial charge is 0.350 e.